The van der Waals surface area contributed by atoms with Crippen molar-refractivity contribution in [1.29, 1.82) is 0 Å². The number of nitrogen functional groups attached to an aromatic ring is 1. The molecule has 0 unspecified atom stereocenters. The Morgan fingerprint density at radius 2 is 2.36 bits per heavy atom. The van der Waals surface area contributed by atoms with Crippen LogP contribution in [0.2, 0.25) is 0 Å². The molecule has 14 heavy (non-hydrogen) atoms. The molecule has 0 aliphatic rings. The second-order valence-corrected chi connectivity index (χ2v) is 2.63. The van der Waals surface area contributed by atoms with Gasteiger partial charge in [0, 0.05) is 0 Å². The molecular formula is C8H9N5O. The highest BCUT2D eigenvalue weighted by Gasteiger charge is 2.03. The first-order valence-electron chi connectivity index (χ1n) is 3.96. The molecule has 0 amide bonds. The second-order valence-electron chi connectivity index (χ2n) is 2.63. The highest BCUT2D eigenvalue weighted by atomic mass is 16.5. The van der Waals surface area contributed by atoms with E-state index in [1.165, 1.54) is 13.4 Å². The Kier molecular flexibility index (Phi) is 2.02. The number of aromatic nitrogens is 4. The lowest BCUT2D eigenvalue weighted by Gasteiger charge is -2.04. The van der Waals surface area contributed by atoms with Gasteiger partial charge in [0.15, 0.2) is 0 Å². The summed E-state index contributed by atoms with van der Waals surface area (Å²) in [5.41, 5.74) is 6.91. The molecule has 2 rings (SSSR count). The number of rotatable bonds is 2. The summed E-state index contributed by atoms with van der Waals surface area (Å²) in [4.78, 5) is 7.84. The molecule has 2 N–H and O–H groups in total. The quantitative estimate of drug-likeness (QED) is 0.736. The number of nitrogens with zero attached hydrogens (tertiary/aromatic N) is 4. The standard InChI is InChI=1S/C8H9N5O/c1-14-8-7(9)2-6(3-11-8)13-5-10-4-12-13/h2-5H,9H2,1H3. The van der Waals surface area contributed by atoms with Gasteiger partial charge in [-0.15, -0.1) is 0 Å². The minimum absolute atomic E-state index is 0.411. The monoisotopic (exact) mass is 191 g/mol. The average Bonchev–Trinajstić information content (AvgIpc) is 2.70. The molecule has 0 aliphatic heterocycles. The lowest BCUT2D eigenvalue weighted by atomic mass is 10.3. The van der Waals surface area contributed by atoms with Crippen molar-refractivity contribution in [1.82, 2.24) is 19.7 Å². The summed E-state index contributed by atoms with van der Waals surface area (Å²) in [5.74, 6) is 0.411. The van der Waals surface area contributed by atoms with Crippen LogP contribution in [0.3, 0.4) is 0 Å². The molecule has 0 saturated heterocycles. The van der Waals surface area contributed by atoms with Crippen LogP contribution >= 0.6 is 0 Å². The number of methoxy groups -OCH3 is 1. The number of hydrogen-bond acceptors (Lipinski definition) is 5. The van der Waals surface area contributed by atoms with Gasteiger partial charge in [0.2, 0.25) is 5.88 Å². The van der Waals surface area contributed by atoms with E-state index < -0.39 is 0 Å². The van der Waals surface area contributed by atoms with Crippen LogP contribution in [0.15, 0.2) is 24.9 Å². The third-order valence-corrected chi connectivity index (χ3v) is 1.74. The highest BCUT2D eigenvalue weighted by molar-refractivity contribution is 5.53. The van der Waals surface area contributed by atoms with Crippen LogP contribution in [-0.4, -0.2) is 26.9 Å². The van der Waals surface area contributed by atoms with Gasteiger partial charge in [0.05, 0.1) is 24.7 Å². The van der Waals surface area contributed by atoms with Crippen molar-refractivity contribution in [3.05, 3.63) is 24.9 Å². The van der Waals surface area contributed by atoms with E-state index in [1.54, 1.807) is 23.3 Å². The van der Waals surface area contributed by atoms with Gasteiger partial charge in [-0.3, -0.25) is 0 Å². The molecule has 2 aromatic heterocycles. The Labute approximate surface area is 80.4 Å². The smallest absolute Gasteiger partial charge is 0.237 e. The van der Waals surface area contributed by atoms with E-state index in [9.17, 15) is 0 Å². The summed E-state index contributed by atoms with van der Waals surface area (Å²) in [6, 6.07) is 1.72. The summed E-state index contributed by atoms with van der Waals surface area (Å²) in [7, 11) is 1.52. The molecule has 6 heteroatoms. The molecule has 72 valence electrons. The summed E-state index contributed by atoms with van der Waals surface area (Å²) in [6.07, 6.45) is 4.63. The first-order valence-corrected chi connectivity index (χ1v) is 3.96. The molecule has 0 aliphatic carbocycles. The fourth-order valence-corrected chi connectivity index (χ4v) is 1.10. The fourth-order valence-electron chi connectivity index (χ4n) is 1.10. The van der Waals surface area contributed by atoms with E-state index in [1.807, 2.05) is 0 Å². The predicted octanol–water partition coefficient (Wildman–Crippen LogP) is 0.253. The summed E-state index contributed by atoms with van der Waals surface area (Å²) in [5, 5.41) is 3.95. The third kappa shape index (κ3) is 1.37. The Balaban J connectivity index is 2.43. The molecule has 2 heterocycles. The van der Waals surface area contributed by atoms with Gasteiger partial charge >= 0.3 is 0 Å². The molecule has 0 saturated carbocycles. The Morgan fingerprint density at radius 3 is 2.93 bits per heavy atom. The average molecular weight is 191 g/mol. The number of pyridine rings is 1. The van der Waals surface area contributed by atoms with E-state index in [2.05, 4.69) is 15.1 Å². The number of hydrogen-bond donors (Lipinski definition) is 1. The lowest BCUT2D eigenvalue weighted by Crippen LogP contribution is -2.00. The number of ether oxygens (including phenoxy) is 1. The van der Waals surface area contributed by atoms with Crippen molar-refractivity contribution in [2.45, 2.75) is 0 Å². The molecule has 6 nitrogen and oxygen atoms in total. The largest absolute Gasteiger partial charge is 0.480 e. The van der Waals surface area contributed by atoms with Gasteiger partial charge in [0.1, 0.15) is 12.7 Å². The van der Waals surface area contributed by atoms with E-state index >= 15 is 0 Å². The molecule has 0 aromatic carbocycles. The van der Waals surface area contributed by atoms with Gasteiger partial charge in [-0.25, -0.2) is 14.6 Å². The summed E-state index contributed by atoms with van der Waals surface area (Å²) < 4.78 is 6.51. The molecule has 0 radical (unpaired) electrons. The zero-order valence-electron chi connectivity index (χ0n) is 7.58. The van der Waals surface area contributed by atoms with Gasteiger partial charge in [-0.1, -0.05) is 0 Å². The normalized spacial score (nSPS) is 10.1. The van der Waals surface area contributed by atoms with Gasteiger partial charge in [-0.2, -0.15) is 5.10 Å². The van der Waals surface area contributed by atoms with E-state index in [0.717, 1.165) is 5.69 Å². The Morgan fingerprint density at radius 1 is 1.50 bits per heavy atom. The maximum Gasteiger partial charge on any atom is 0.237 e. The maximum absolute atomic E-state index is 5.69. The molecule has 2 aromatic rings. The SMILES string of the molecule is COc1ncc(-n2cncn2)cc1N. The lowest BCUT2D eigenvalue weighted by molar-refractivity contribution is 0.400. The van der Waals surface area contributed by atoms with Crippen LogP contribution in [0.4, 0.5) is 5.69 Å². The molecular weight excluding hydrogens is 182 g/mol. The first kappa shape index (κ1) is 8.49. The maximum atomic E-state index is 5.69. The van der Waals surface area contributed by atoms with Gasteiger partial charge in [-0.05, 0) is 6.07 Å². The zero-order valence-corrected chi connectivity index (χ0v) is 7.58. The molecule has 0 atom stereocenters. The van der Waals surface area contributed by atoms with E-state index in [0.29, 0.717) is 11.6 Å². The van der Waals surface area contributed by atoms with Crippen LogP contribution in [0, 0.1) is 0 Å². The van der Waals surface area contributed by atoms with Crippen LogP contribution < -0.4 is 10.5 Å². The van der Waals surface area contributed by atoms with Crippen molar-refractivity contribution in [2.24, 2.45) is 0 Å². The predicted molar refractivity (Wildman–Crippen MR) is 50.1 cm³/mol. The Bertz CT molecular complexity index is 425. The summed E-state index contributed by atoms with van der Waals surface area (Å²) in [6.45, 7) is 0. The molecule has 0 spiro atoms. The zero-order chi connectivity index (χ0) is 9.97. The number of nitrogens with two attached hydrogens (primary N) is 1. The Hall–Kier alpha value is -2.11. The molecule has 0 fully saturated rings. The third-order valence-electron chi connectivity index (χ3n) is 1.74. The number of anilines is 1. The van der Waals surface area contributed by atoms with Crippen molar-refractivity contribution in [3.63, 3.8) is 0 Å². The summed E-state index contributed by atoms with van der Waals surface area (Å²) >= 11 is 0. The minimum atomic E-state index is 0.411. The van der Waals surface area contributed by atoms with Crippen molar-refractivity contribution >= 4 is 5.69 Å². The van der Waals surface area contributed by atoms with Crippen LogP contribution in [0.5, 0.6) is 5.88 Å². The van der Waals surface area contributed by atoms with Crippen LogP contribution in [0.25, 0.3) is 5.69 Å². The van der Waals surface area contributed by atoms with Crippen molar-refractivity contribution in [3.8, 4) is 11.6 Å². The van der Waals surface area contributed by atoms with Gasteiger partial charge < -0.3 is 10.5 Å². The van der Waals surface area contributed by atoms with Gasteiger partial charge in [0.25, 0.3) is 0 Å². The van der Waals surface area contributed by atoms with Crippen LogP contribution in [-0.2, 0) is 0 Å². The first-order chi connectivity index (χ1) is 6.81. The highest BCUT2D eigenvalue weighted by Crippen LogP contribution is 2.19. The van der Waals surface area contributed by atoms with Crippen LogP contribution in [0.1, 0.15) is 0 Å². The van der Waals surface area contributed by atoms with Crippen molar-refractivity contribution < 1.29 is 4.74 Å². The minimum Gasteiger partial charge on any atom is -0.480 e. The topological polar surface area (TPSA) is 78.8 Å². The van der Waals surface area contributed by atoms with E-state index in [-0.39, 0.29) is 0 Å². The molecule has 0 bridgehead atoms. The second kappa shape index (κ2) is 3.33. The van der Waals surface area contributed by atoms with E-state index in [4.69, 9.17) is 10.5 Å². The fraction of sp³-hybridized carbons (Fsp3) is 0.125. The van der Waals surface area contributed by atoms with Crippen molar-refractivity contribution in [2.75, 3.05) is 12.8 Å².